The highest BCUT2D eigenvalue weighted by molar-refractivity contribution is 8.93. The third-order valence-corrected chi connectivity index (χ3v) is 4.42. The first kappa shape index (κ1) is 23.0. The maximum atomic E-state index is 5.89. The van der Waals surface area contributed by atoms with Crippen LogP contribution in [0, 0.1) is 0 Å². The quantitative estimate of drug-likeness (QED) is 0.354. The molecule has 2 aromatic carbocycles. The summed E-state index contributed by atoms with van der Waals surface area (Å²) in [6.07, 6.45) is 0. The summed E-state index contributed by atoms with van der Waals surface area (Å²) >= 11 is 3.03. The topological polar surface area (TPSA) is 76.8 Å². The van der Waals surface area contributed by atoms with E-state index in [1.165, 1.54) is 23.5 Å². The van der Waals surface area contributed by atoms with Gasteiger partial charge in [-0.2, -0.15) is 0 Å². The Hall–Kier alpha value is -0.960. The largest absolute Gasteiger partial charge is 0.378 e. The van der Waals surface area contributed by atoms with E-state index in [0.29, 0.717) is 10.3 Å². The Morgan fingerprint density at radius 2 is 1.00 bits per heavy atom. The van der Waals surface area contributed by atoms with Gasteiger partial charge in [0.05, 0.1) is 11.4 Å². The van der Waals surface area contributed by atoms with Gasteiger partial charge in [0.1, 0.15) is 0 Å². The van der Waals surface area contributed by atoms with Gasteiger partial charge in [-0.1, -0.05) is 59.9 Å². The minimum absolute atomic E-state index is 0. The van der Waals surface area contributed by atoms with Crippen molar-refractivity contribution in [1.82, 2.24) is 0 Å². The number of hydrogen-bond acceptors (Lipinski definition) is 4. The predicted molar refractivity (Wildman–Crippen MR) is 121 cm³/mol. The first-order valence-electron chi connectivity index (χ1n) is 6.78. The van der Waals surface area contributed by atoms with Gasteiger partial charge < -0.3 is 11.5 Å². The molecule has 4 N–H and O–H groups in total. The summed E-state index contributed by atoms with van der Waals surface area (Å²) in [5.74, 6) is 1.66. The summed E-state index contributed by atoms with van der Waals surface area (Å²) in [5.41, 5.74) is 13.5. The van der Waals surface area contributed by atoms with Crippen LogP contribution in [0.5, 0.6) is 0 Å². The molecule has 0 amide bonds. The lowest BCUT2D eigenvalue weighted by Crippen LogP contribution is -2.10. The number of hydrogen-bond donors (Lipinski definition) is 2. The van der Waals surface area contributed by atoms with E-state index < -0.39 is 0 Å². The molecule has 0 aliphatic heterocycles. The number of benzene rings is 2. The Balaban J connectivity index is 0.00000264. The van der Waals surface area contributed by atoms with Crippen LogP contribution >= 0.6 is 57.5 Å². The zero-order valence-corrected chi connectivity index (χ0v) is 17.9. The van der Waals surface area contributed by atoms with Crippen LogP contribution in [-0.4, -0.2) is 21.8 Å². The molecular weight excluding hydrogens is 472 g/mol. The number of halogens is 2. The molecule has 8 heteroatoms. The van der Waals surface area contributed by atoms with Crippen LogP contribution < -0.4 is 11.5 Å². The van der Waals surface area contributed by atoms with Gasteiger partial charge in [-0.25, -0.2) is 9.98 Å². The lowest BCUT2D eigenvalue weighted by molar-refractivity contribution is 1.49. The maximum absolute atomic E-state index is 5.89. The zero-order chi connectivity index (χ0) is 15.6. The highest BCUT2D eigenvalue weighted by Gasteiger charge is 1.98. The van der Waals surface area contributed by atoms with Crippen molar-refractivity contribution in [3.05, 3.63) is 60.7 Å². The minimum atomic E-state index is 0. The molecule has 0 fully saturated rings. The summed E-state index contributed by atoms with van der Waals surface area (Å²) in [4.78, 5) is 8.66. The van der Waals surface area contributed by atoms with E-state index in [1.807, 2.05) is 60.7 Å². The van der Waals surface area contributed by atoms with Crippen LogP contribution in [0.1, 0.15) is 0 Å². The first-order valence-corrected chi connectivity index (χ1v) is 8.75. The molecule has 4 nitrogen and oxygen atoms in total. The summed E-state index contributed by atoms with van der Waals surface area (Å²) in [6.45, 7) is 0. The maximum Gasteiger partial charge on any atom is 0.159 e. The lowest BCUT2D eigenvalue weighted by Gasteiger charge is -2.02. The van der Waals surface area contributed by atoms with E-state index >= 15 is 0 Å². The van der Waals surface area contributed by atoms with E-state index in [2.05, 4.69) is 9.98 Å². The second kappa shape index (κ2) is 13.3. The molecule has 0 spiro atoms. The third-order valence-electron chi connectivity index (χ3n) is 2.57. The molecule has 0 aliphatic carbocycles. The number of aliphatic imine (C=N–C) groups is 2. The molecule has 0 heterocycles. The standard InChI is InChI=1S/C16H18N4S2.2BrH/c17-15(19-13-7-3-1-4-8-13)21-11-12-22-16(18)20-14-9-5-2-6-10-14;;/h1-10H,11-12H2,(H2,17,19)(H2,18,20);2*1H. The normalized spacial score (nSPS) is 11.3. The molecular formula is C16H20Br2N4S2. The molecule has 24 heavy (non-hydrogen) atoms. The fraction of sp³-hybridized carbons (Fsp3) is 0.125. The van der Waals surface area contributed by atoms with Crippen molar-refractivity contribution in [2.45, 2.75) is 0 Å². The van der Waals surface area contributed by atoms with Crippen molar-refractivity contribution in [3.8, 4) is 0 Å². The average molecular weight is 492 g/mol. The van der Waals surface area contributed by atoms with Crippen LogP contribution in [0.15, 0.2) is 70.6 Å². The molecule has 0 saturated heterocycles. The molecule has 0 aromatic heterocycles. The summed E-state index contributed by atoms with van der Waals surface area (Å²) in [7, 11) is 0. The zero-order valence-electron chi connectivity index (χ0n) is 12.9. The van der Waals surface area contributed by atoms with Crippen molar-refractivity contribution < 1.29 is 0 Å². The van der Waals surface area contributed by atoms with Gasteiger partial charge in [0.2, 0.25) is 0 Å². The number of rotatable bonds is 5. The summed E-state index contributed by atoms with van der Waals surface area (Å²) in [6, 6.07) is 19.3. The Morgan fingerprint density at radius 3 is 1.33 bits per heavy atom. The first-order chi connectivity index (χ1) is 10.7. The molecule has 0 unspecified atom stereocenters. The van der Waals surface area contributed by atoms with Crippen molar-refractivity contribution in [3.63, 3.8) is 0 Å². The highest BCUT2D eigenvalue weighted by Crippen LogP contribution is 2.15. The smallest absolute Gasteiger partial charge is 0.159 e. The molecule has 2 rings (SSSR count). The summed E-state index contributed by atoms with van der Waals surface area (Å²) in [5, 5.41) is 1.12. The van der Waals surface area contributed by atoms with E-state index in [9.17, 15) is 0 Å². The molecule has 0 saturated carbocycles. The second-order valence-electron chi connectivity index (χ2n) is 4.27. The van der Waals surface area contributed by atoms with Crippen LogP contribution in [-0.2, 0) is 0 Å². The Kier molecular flexibility index (Phi) is 12.8. The van der Waals surface area contributed by atoms with Crippen LogP contribution in [0.25, 0.3) is 0 Å². The van der Waals surface area contributed by atoms with E-state index in [0.717, 1.165) is 22.9 Å². The molecule has 0 atom stereocenters. The van der Waals surface area contributed by atoms with Crippen molar-refractivity contribution in [2.75, 3.05) is 11.5 Å². The molecule has 130 valence electrons. The fourth-order valence-electron chi connectivity index (χ4n) is 1.62. The van der Waals surface area contributed by atoms with Gasteiger partial charge in [-0.3, -0.25) is 0 Å². The van der Waals surface area contributed by atoms with Gasteiger partial charge >= 0.3 is 0 Å². The third kappa shape index (κ3) is 9.36. The fourth-order valence-corrected chi connectivity index (χ4v) is 3.04. The van der Waals surface area contributed by atoms with Gasteiger partial charge in [0, 0.05) is 11.5 Å². The molecule has 0 bridgehead atoms. The number of nitrogens with zero attached hydrogens (tertiary/aromatic N) is 2. The van der Waals surface area contributed by atoms with Gasteiger partial charge in [-0.05, 0) is 24.3 Å². The number of amidine groups is 2. The van der Waals surface area contributed by atoms with E-state index in [-0.39, 0.29) is 34.0 Å². The van der Waals surface area contributed by atoms with Crippen molar-refractivity contribution in [1.29, 1.82) is 0 Å². The Bertz CT molecular complexity index is 580. The second-order valence-corrected chi connectivity index (χ2v) is 6.50. The van der Waals surface area contributed by atoms with Gasteiger partial charge in [-0.15, -0.1) is 34.0 Å². The Labute approximate surface area is 172 Å². The predicted octanol–water partition coefficient (Wildman–Crippen LogP) is 4.90. The van der Waals surface area contributed by atoms with E-state index in [1.54, 1.807) is 0 Å². The molecule has 0 aliphatic rings. The number of para-hydroxylation sites is 2. The Morgan fingerprint density at radius 1 is 0.667 bits per heavy atom. The highest BCUT2D eigenvalue weighted by atomic mass is 79.9. The summed E-state index contributed by atoms with van der Waals surface area (Å²) < 4.78 is 0. The monoisotopic (exact) mass is 490 g/mol. The van der Waals surface area contributed by atoms with Crippen molar-refractivity contribution >= 4 is 79.2 Å². The number of nitrogens with two attached hydrogens (primary N) is 2. The minimum Gasteiger partial charge on any atom is -0.378 e. The lowest BCUT2D eigenvalue weighted by atomic mass is 10.3. The van der Waals surface area contributed by atoms with Gasteiger partial charge in [0.25, 0.3) is 0 Å². The van der Waals surface area contributed by atoms with Gasteiger partial charge in [0.15, 0.2) is 10.3 Å². The van der Waals surface area contributed by atoms with Crippen LogP contribution in [0.4, 0.5) is 11.4 Å². The van der Waals surface area contributed by atoms with Crippen LogP contribution in [0.3, 0.4) is 0 Å². The SMILES string of the molecule is Br.Br.NC(=Nc1ccccc1)SCCSC(N)=Nc1ccccc1. The molecule has 2 aromatic rings. The number of thioether (sulfide) groups is 2. The van der Waals surface area contributed by atoms with Crippen LogP contribution in [0.2, 0.25) is 0 Å². The van der Waals surface area contributed by atoms with E-state index in [4.69, 9.17) is 11.5 Å². The van der Waals surface area contributed by atoms with Crippen molar-refractivity contribution in [2.24, 2.45) is 21.5 Å². The molecule has 0 radical (unpaired) electrons. The average Bonchev–Trinajstić information content (AvgIpc) is 2.53.